The molecule has 0 saturated carbocycles. The highest BCUT2D eigenvalue weighted by molar-refractivity contribution is 6.10. The number of amides is 1. The van der Waals surface area contributed by atoms with Crippen molar-refractivity contribution in [2.24, 2.45) is 4.99 Å². The van der Waals surface area contributed by atoms with E-state index in [9.17, 15) is 4.79 Å². The van der Waals surface area contributed by atoms with Crippen LogP contribution in [0.1, 0.15) is 18.4 Å². The molecule has 0 aliphatic carbocycles. The Morgan fingerprint density at radius 3 is 2.85 bits per heavy atom. The third kappa shape index (κ3) is 2.20. The summed E-state index contributed by atoms with van der Waals surface area (Å²) in [7, 11) is 1.81. The van der Waals surface area contributed by atoms with Gasteiger partial charge in [0.25, 0.3) is 0 Å². The van der Waals surface area contributed by atoms with E-state index in [0.29, 0.717) is 5.95 Å². The highest BCUT2D eigenvalue weighted by Gasteiger charge is 2.41. The number of aromatic nitrogens is 2. The van der Waals surface area contributed by atoms with Crippen molar-refractivity contribution in [3.05, 3.63) is 42.1 Å². The molecule has 3 aliphatic rings. The Bertz CT molecular complexity index is 896. The first-order chi connectivity index (χ1) is 12.7. The molecule has 0 spiro atoms. The molecule has 7 nitrogen and oxygen atoms in total. The predicted octanol–water partition coefficient (Wildman–Crippen LogP) is 1.69. The SMILES string of the molecule is CN1C(=O)C2CCCN2c2nc(N3CCN=C3c3ccccc3)ncc21. The Hall–Kier alpha value is -2.96. The molecule has 0 N–H and O–H groups in total. The van der Waals surface area contributed by atoms with E-state index in [2.05, 4.69) is 31.9 Å². The minimum Gasteiger partial charge on any atom is -0.343 e. The van der Waals surface area contributed by atoms with Crippen LogP contribution in [0.25, 0.3) is 0 Å². The van der Waals surface area contributed by atoms with Crippen molar-refractivity contribution in [2.45, 2.75) is 18.9 Å². The summed E-state index contributed by atoms with van der Waals surface area (Å²) in [5.74, 6) is 2.55. The maximum absolute atomic E-state index is 12.5. The van der Waals surface area contributed by atoms with Crippen molar-refractivity contribution in [3.8, 4) is 0 Å². The first-order valence-corrected chi connectivity index (χ1v) is 9.03. The highest BCUT2D eigenvalue weighted by Crippen LogP contribution is 2.38. The molecule has 1 amide bonds. The minimum absolute atomic E-state index is 0.0870. The second kappa shape index (κ2) is 5.79. The third-order valence-electron chi connectivity index (χ3n) is 5.35. The van der Waals surface area contributed by atoms with Gasteiger partial charge in [0.05, 0.1) is 12.7 Å². The monoisotopic (exact) mass is 348 g/mol. The molecule has 1 aromatic carbocycles. The number of rotatable bonds is 2. The molecule has 0 radical (unpaired) electrons. The minimum atomic E-state index is -0.0870. The fraction of sp³-hybridized carbons (Fsp3) is 0.368. The lowest BCUT2D eigenvalue weighted by molar-refractivity contribution is -0.119. The zero-order valence-electron chi connectivity index (χ0n) is 14.7. The topological polar surface area (TPSA) is 64.9 Å². The van der Waals surface area contributed by atoms with Gasteiger partial charge in [-0.15, -0.1) is 0 Å². The van der Waals surface area contributed by atoms with Gasteiger partial charge in [0.15, 0.2) is 5.82 Å². The fourth-order valence-electron chi connectivity index (χ4n) is 4.03. The largest absolute Gasteiger partial charge is 0.343 e. The molecule has 132 valence electrons. The average molecular weight is 348 g/mol. The molecule has 3 aliphatic heterocycles. The van der Waals surface area contributed by atoms with Gasteiger partial charge in [-0.25, -0.2) is 4.98 Å². The normalized spacial score (nSPS) is 21.7. The van der Waals surface area contributed by atoms with Crippen LogP contribution in [0.3, 0.4) is 0 Å². The number of hydrogen-bond acceptors (Lipinski definition) is 6. The molecule has 0 bridgehead atoms. The van der Waals surface area contributed by atoms with Crippen molar-refractivity contribution in [1.82, 2.24) is 9.97 Å². The molecule has 1 fully saturated rings. The average Bonchev–Trinajstić information content (AvgIpc) is 3.36. The van der Waals surface area contributed by atoms with Gasteiger partial charge >= 0.3 is 0 Å². The third-order valence-corrected chi connectivity index (χ3v) is 5.35. The number of carbonyl (C=O) groups excluding carboxylic acids is 1. The van der Waals surface area contributed by atoms with Crippen LogP contribution < -0.4 is 14.7 Å². The van der Waals surface area contributed by atoms with Gasteiger partial charge in [-0.1, -0.05) is 30.3 Å². The maximum Gasteiger partial charge on any atom is 0.249 e. The Morgan fingerprint density at radius 2 is 2.00 bits per heavy atom. The van der Waals surface area contributed by atoms with E-state index < -0.39 is 0 Å². The zero-order valence-corrected chi connectivity index (χ0v) is 14.7. The zero-order chi connectivity index (χ0) is 17.7. The fourth-order valence-corrected chi connectivity index (χ4v) is 4.03. The number of hydrogen-bond donors (Lipinski definition) is 0. The summed E-state index contributed by atoms with van der Waals surface area (Å²) in [6.45, 7) is 2.37. The first-order valence-electron chi connectivity index (χ1n) is 9.03. The van der Waals surface area contributed by atoms with Crippen molar-refractivity contribution < 1.29 is 4.79 Å². The van der Waals surface area contributed by atoms with E-state index in [1.165, 1.54) is 0 Å². The number of likely N-dealkylation sites (N-methyl/N-ethyl adjacent to an activating group) is 1. The van der Waals surface area contributed by atoms with E-state index in [-0.39, 0.29) is 11.9 Å². The summed E-state index contributed by atoms with van der Waals surface area (Å²) in [5, 5.41) is 0. The molecule has 5 rings (SSSR count). The number of fused-ring (bicyclic) bond motifs is 3. The smallest absolute Gasteiger partial charge is 0.249 e. The Kier molecular flexibility index (Phi) is 3.41. The van der Waals surface area contributed by atoms with Crippen molar-refractivity contribution in [1.29, 1.82) is 0 Å². The summed E-state index contributed by atoms with van der Waals surface area (Å²) in [5.41, 5.74) is 1.85. The van der Waals surface area contributed by atoms with E-state index in [0.717, 1.165) is 55.4 Å². The molecule has 4 heterocycles. The Labute approximate surface area is 152 Å². The van der Waals surface area contributed by atoms with Crippen LogP contribution >= 0.6 is 0 Å². The van der Waals surface area contributed by atoms with E-state index >= 15 is 0 Å². The van der Waals surface area contributed by atoms with Crippen molar-refractivity contribution >= 4 is 29.2 Å². The summed E-state index contributed by atoms with van der Waals surface area (Å²) < 4.78 is 0. The van der Waals surface area contributed by atoms with Crippen molar-refractivity contribution in [2.75, 3.05) is 41.4 Å². The maximum atomic E-state index is 12.5. The molecular formula is C19H20N6O. The number of carbonyl (C=O) groups is 1. The Balaban J connectivity index is 1.55. The number of benzene rings is 1. The van der Waals surface area contributed by atoms with Crippen LogP contribution in [0.5, 0.6) is 0 Å². The van der Waals surface area contributed by atoms with E-state index in [1.807, 2.05) is 25.2 Å². The predicted molar refractivity (Wildman–Crippen MR) is 101 cm³/mol. The van der Waals surface area contributed by atoms with Gasteiger partial charge in [0.1, 0.15) is 17.6 Å². The van der Waals surface area contributed by atoms with Crippen LogP contribution in [0, 0.1) is 0 Å². The second-order valence-corrected chi connectivity index (χ2v) is 6.85. The molecule has 1 unspecified atom stereocenters. The van der Waals surface area contributed by atoms with Crippen LogP contribution in [0.2, 0.25) is 0 Å². The molecular weight excluding hydrogens is 328 g/mol. The number of nitrogens with zero attached hydrogens (tertiary/aromatic N) is 6. The van der Waals surface area contributed by atoms with E-state index in [4.69, 9.17) is 4.98 Å². The number of amidine groups is 1. The van der Waals surface area contributed by atoms with Gasteiger partial charge in [0.2, 0.25) is 11.9 Å². The van der Waals surface area contributed by atoms with Gasteiger partial charge in [-0.3, -0.25) is 14.7 Å². The van der Waals surface area contributed by atoms with E-state index in [1.54, 1.807) is 11.1 Å². The summed E-state index contributed by atoms with van der Waals surface area (Å²) >= 11 is 0. The quantitative estimate of drug-likeness (QED) is 0.826. The molecule has 7 heteroatoms. The number of anilines is 3. The van der Waals surface area contributed by atoms with Gasteiger partial charge in [0, 0.05) is 25.7 Å². The Morgan fingerprint density at radius 1 is 1.15 bits per heavy atom. The van der Waals surface area contributed by atoms with Gasteiger partial charge in [-0.05, 0) is 12.8 Å². The molecule has 1 saturated heterocycles. The summed E-state index contributed by atoms with van der Waals surface area (Å²) in [6, 6.07) is 10.0. The molecule has 1 atom stereocenters. The van der Waals surface area contributed by atoms with Crippen molar-refractivity contribution in [3.63, 3.8) is 0 Å². The lowest BCUT2D eigenvalue weighted by Crippen LogP contribution is -2.49. The summed E-state index contributed by atoms with van der Waals surface area (Å²) in [6.07, 6.45) is 3.68. The highest BCUT2D eigenvalue weighted by atomic mass is 16.2. The molecule has 26 heavy (non-hydrogen) atoms. The van der Waals surface area contributed by atoms with Crippen LogP contribution in [-0.4, -0.2) is 54.4 Å². The standard InChI is InChI=1S/C19H20N6O/c1-23-15-12-21-19(22-17(15)24-10-5-8-14(24)18(23)26)25-11-9-20-16(25)13-6-3-2-4-7-13/h2-4,6-7,12,14H,5,8-11H2,1H3. The molecule has 2 aromatic rings. The van der Waals surface area contributed by atoms with Gasteiger partial charge in [-0.2, -0.15) is 4.98 Å². The lowest BCUT2D eigenvalue weighted by atomic mass is 10.1. The lowest BCUT2D eigenvalue weighted by Gasteiger charge is -2.36. The van der Waals surface area contributed by atoms with Crippen LogP contribution in [-0.2, 0) is 4.79 Å². The van der Waals surface area contributed by atoms with Gasteiger partial charge < -0.3 is 9.80 Å². The summed E-state index contributed by atoms with van der Waals surface area (Å²) in [4.78, 5) is 32.5. The second-order valence-electron chi connectivity index (χ2n) is 6.85. The number of aliphatic imine (C=N–C) groups is 1. The van der Waals surface area contributed by atoms with Crippen LogP contribution in [0.4, 0.5) is 17.5 Å². The first kappa shape index (κ1) is 15.3. The molecule has 1 aromatic heterocycles. The van der Waals surface area contributed by atoms with Crippen LogP contribution in [0.15, 0.2) is 41.5 Å².